The van der Waals surface area contributed by atoms with E-state index in [0.717, 1.165) is 15.8 Å². The minimum Gasteiger partial charge on any atom is -0.496 e. The summed E-state index contributed by atoms with van der Waals surface area (Å²) in [5.41, 5.74) is 14.0. The van der Waals surface area contributed by atoms with Crippen molar-refractivity contribution in [2.75, 3.05) is 7.11 Å². The second-order valence-electron chi connectivity index (χ2n) is 5.55. The van der Waals surface area contributed by atoms with E-state index in [1.54, 1.807) is 7.11 Å². The van der Waals surface area contributed by atoms with Crippen molar-refractivity contribution in [3.05, 3.63) is 62.1 Å². The van der Waals surface area contributed by atoms with Crippen molar-refractivity contribution in [3.8, 4) is 5.75 Å². The summed E-state index contributed by atoms with van der Waals surface area (Å²) in [4.78, 5) is 0. The van der Waals surface area contributed by atoms with Gasteiger partial charge in [-0.05, 0) is 89.1 Å². The summed E-state index contributed by atoms with van der Waals surface area (Å²) in [7, 11) is 1.66. The summed E-state index contributed by atoms with van der Waals surface area (Å²) in [6.45, 7) is 8.58. The number of hydrogen-bond donors (Lipinski definition) is 1. The normalized spacial score (nSPS) is 12.3. The minimum atomic E-state index is -0.134. The van der Waals surface area contributed by atoms with E-state index in [0.29, 0.717) is 0 Å². The molecule has 0 bridgehead atoms. The molecule has 1 atom stereocenters. The lowest BCUT2D eigenvalue weighted by Gasteiger charge is -2.22. The van der Waals surface area contributed by atoms with Gasteiger partial charge in [-0.1, -0.05) is 12.1 Å². The predicted molar refractivity (Wildman–Crippen MR) is 92.1 cm³/mol. The molecule has 3 heteroatoms. The lowest BCUT2D eigenvalue weighted by Crippen LogP contribution is -2.16. The Kier molecular flexibility index (Phi) is 4.74. The van der Waals surface area contributed by atoms with Crippen LogP contribution < -0.4 is 10.5 Å². The topological polar surface area (TPSA) is 35.2 Å². The Labute approximate surface area is 135 Å². The molecule has 21 heavy (non-hydrogen) atoms. The Bertz CT molecular complexity index is 653. The quantitative estimate of drug-likeness (QED) is 0.870. The van der Waals surface area contributed by atoms with Crippen LogP contribution in [0.1, 0.15) is 39.4 Å². The van der Waals surface area contributed by atoms with Crippen LogP contribution in [0.3, 0.4) is 0 Å². The minimum absolute atomic E-state index is 0.134. The Morgan fingerprint density at radius 1 is 1.00 bits per heavy atom. The molecule has 0 heterocycles. The lowest BCUT2D eigenvalue weighted by atomic mass is 9.87. The Morgan fingerprint density at radius 3 is 2.05 bits per heavy atom. The van der Waals surface area contributed by atoms with Crippen molar-refractivity contribution in [3.63, 3.8) is 0 Å². The van der Waals surface area contributed by atoms with E-state index in [1.807, 2.05) is 18.2 Å². The fourth-order valence-electron chi connectivity index (χ4n) is 2.76. The zero-order chi connectivity index (χ0) is 15.7. The molecule has 2 aromatic carbocycles. The maximum Gasteiger partial charge on any atom is 0.133 e. The highest BCUT2D eigenvalue weighted by Gasteiger charge is 2.18. The molecular formula is C18H22BrNO. The number of methoxy groups -OCH3 is 1. The lowest BCUT2D eigenvalue weighted by molar-refractivity contribution is 0.412. The van der Waals surface area contributed by atoms with E-state index in [-0.39, 0.29) is 6.04 Å². The first-order chi connectivity index (χ1) is 9.86. The third kappa shape index (κ3) is 2.99. The van der Waals surface area contributed by atoms with Gasteiger partial charge in [0.25, 0.3) is 0 Å². The molecule has 0 amide bonds. The first kappa shape index (κ1) is 16.1. The van der Waals surface area contributed by atoms with Crippen molar-refractivity contribution in [1.82, 2.24) is 0 Å². The van der Waals surface area contributed by atoms with Gasteiger partial charge in [0.1, 0.15) is 5.75 Å². The number of nitrogens with two attached hydrogens (primary N) is 1. The van der Waals surface area contributed by atoms with Crippen molar-refractivity contribution in [2.24, 2.45) is 5.73 Å². The zero-order valence-corrected chi connectivity index (χ0v) is 14.8. The maximum atomic E-state index is 6.55. The largest absolute Gasteiger partial charge is 0.496 e. The van der Waals surface area contributed by atoms with Crippen LogP contribution in [-0.4, -0.2) is 7.11 Å². The van der Waals surface area contributed by atoms with Crippen LogP contribution in [0.5, 0.6) is 5.75 Å². The van der Waals surface area contributed by atoms with Gasteiger partial charge in [-0.15, -0.1) is 0 Å². The molecule has 0 aromatic heterocycles. The van der Waals surface area contributed by atoms with Gasteiger partial charge in [0.15, 0.2) is 0 Å². The molecule has 0 aliphatic rings. The highest BCUT2D eigenvalue weighted by molar-refractivity contribution is 9.10. The average Bonchev–Trinajstić information content (AvgIpc) is 2.45. The van der Waals surface area contributed by atoms with E-state index < -0.39 is 0 Å². The smallest absolute Gasteiger partial charge is 0.133 e. The number of ether oxygens (including phenoxy) is 1. The van der Waals surface area contributed by atoms with Crippen molar-refractivity contribution in [1.29, 1.82) is 0 Å². The first-order valence-electron chi connectivity index (χ1n) is 7.03. The summed E-state index contributed by atoms with van der Waals surface area (Å²) in [6.07, 6.45) is 0. The maximum absolute atomic E-state index is 6.55. The Morgan fingerprint density at radius 2 is 1.57 bits per heavy atom. The standard InChI is InChI=1S/C18H22BrNO/c1-10-8-11(2)13(4)17(12(10)3)18(20)14-6-7-16(21-5)15(19)9-14/h6-9,18H,20H2,1-5H3. The van der Waals surface area contributed by atoms with Gasteiger partial charge in [0.05, 0.1) is 17.6 Å². The summed E-state index contributed by atoms with van der Waals surface area (Å²) >= 11 is 3.53. The highest BCUT2D eigenvalue weighted by atomic mass is 79.9. The predicted octanol–water partition coefficient (Wildman–Crippen LogP) is 4.74. The Balaban J connectivity index is 2.55. The van der Waals surface area contributed by atoms with E-state index in [1.165, 1.54) is 27.8 Å². The molecule has 2 N–H and O–H groups in total. The molecule has 0 spiro atoms. The fraction of sp³-hybridized carbons (Fsp3) is 0.333. The fourth-order valence-corrected chi connectivity index (χ4v) is 3.31. The molecule has 2 nitrogen and oxygen atoms in total. The van der Waals surface area contributed by atoms with Crippen LogP contribution in [0.15, 0.2) is 28.7 Å². The highest BCUT2D eigenvalue weighted by Crippen LogP contribution is 2.33. The zero-order valence-electron chi connectivity index (χ0n) is 13.3. The summed E-state index contributed by atoms with van der Waals surface area (Å²) in [6, 6.07) is 8.12. The molecule has 2 aromatic rings. The number of rotatable bonds is 3. The van der Waals surface area contributed by atoms with Gasteiger partial charge >= 0.3 is 0 Å². The first-order valence-corrected chi connectivity index (χ1v) is 7.82. The number of benzene rings is 2. The van der Waals surface area contributed by atoms with E-state index in [9.17, 15) is 0 Å². The Hall–Kier alpha value is -1.32. The number of halogens is 1. The molecule has 0 saturated heterocycles. The molecule has 1 unspecified atom stereocenters. The molecule has 0 radical (unpaired) electrons. The molecule has 0 saturated carbocycles. The molecule has 0 fully saturated rings. The molecule has 2 rings (SSSR count). The summed E-state index contributed by atoms with van der Waals surface area (Å²) in [5.74, 6) is 0.819. The van der Waals surface area contributed by atoms with E-state index in [4.69, 9.17) is 10.5 Å². The van der Waals surface area contributed by atoms with Crippen LogP contribution in [0.2, 0.25) is 0 Å². The molecular weight excluding hydrogens is 326 g/mol. The second-order valence-corrected chi connectivity index (χ2v) is 6.40. The number of hydrogen-bond acceptors (Lipinski definition) is 2. The third-order valence-corrected chi connectivity index (χ3v) is 4.89. The van der Waals surface area contributed by atoms with Gasteiger partial charge in [-0.2, -0.15) is 0 Å². The summed E-state index contributed by atoms with van der Waals surface area (Å²) in [5, 5.41) is 0. The van der Waals surface area contributed by atoms with Gasteiger partial charge < -0.3 is 10.5 Å². The SMILES string of the molecule is COc1ccc(C(N)c2c(C)c(C)cc(C)c2C)cc1Br. The van der Waals surface area contributed by atoms with Gasteiger partial charge in [-0.3, -0.25) is 0 Å². The molecule has 0 aliphatic heterocycles. The van der Waals surface area contributed by atoms with E-state index in [2.05, 4.69) is 49.7 Å². The van der Waals surface area contributed by atoms with E-state index >= 15 is 0 Å². The van der Waals surface area contributed by atoms with Crippen molar-refractivity contribution >= 4 is 15.9 Å². The van der Waals surface area contributed by atoms with Crippen LogP contribution in [0.4, 0.5) is 0 Å². The monoisotopic (exact) mass is 347 g/mol. The van der Waals surface area contributed by atoms with Crippen LogP contribution >= 0.6 is 15.9 Å². The van der Waals surface area contributed by atoms with Crippen molar-refractivity contribution in [2.45, 2.75) is 33.7 Å². The van der Waals surface area contributed by atoms with Gasteiger partial charge in [0.2, 0.25) is 0 Å². The molecule has 112 valence electrons. The van der Waals surface area contributed by atoms with Gasteiger partial charge in [-0.25, -0.2) is 0 Å². The van der Waals surface area contributed by atoms with Crippen LogP contribution in [0.25, 0.3) is 0 Å². The molecule has 0 aliphatic carbocycles. The van der Waals surface area contributed by atoms with Crippen LogP contribution in [-0.2, 0) is 0 Å². The van der Waals surface area contributed by atoms with Crippen LogP contribution in [0, 0.1) is 27.7 Å². The van der Waals surface area contributed by atoms with Gasteiger partial charge in [0, 0.05) is 0 Å². The third-order valence-electron chi connectivity index (χ3n) is 4.27. The second kappa shape index (κ2) is 6.20. The summed E-state index contributed by atoms with van der Waals surface area (Å²) < 4.78 is 6.21. The van der Waals surface area contributed by atoms with Crippen molar-refractivity contribution < 1.29 is 4.74 Å². The average molecular weight is 348 g/mol. The number of aryl methyl sites for hydroxylation is 2.